The van der Waals surface area contributed by atoms with E-state index in [1.807, 2.05) is 31.2 Å². The van der Waals surface area contributed by atoms with Crippen LogP contribution in [-0.2, 0) is 0 Å². The summed E-state index contributed by atoms with van der Waals surface area (Å²) in [5.41, 5.74) is 4.53. The first-order valence-electron chi connectivity index (χ1n) is 9.84. The van der Waals surface area contributed by atoms with Crippen LogP contribution in [0, 0.1) is 0 Å². The fourth-order valence-corrected chi connectivity index (χ4v) is 3.87. The van der Waals surface area contributed by atoms with E-state index in [0.29, 0.717) is 12.7 Å². The van der Waals surface area contributed by atoms with Gasteiger partial charge in [-0.1, -0.05) is 12.1 Å². The summed E-state index contributed by atoms with van der Waals surface area (Å²) in [5.74, 6) is 2.70. The Balaban J connectivity index is 1.69. The third-order valence-corrected chi connectivity index (χ3v) is 5.30. The zero-order chi connectivity index (χ0) is 18.6. The number of anilines is 1. The second-order valence-electron chi connectivity index (χ2n) is 7.06. The molecule has 0 spiro atoms. The molecule has 1 aliphatic carbocycles. The van der Waals surface area contributed by atoms with Crippen LogP contribution >= 0.6 is 0 Å². The summed E-state index contributed by atoms with van der Waals surface area (Å²) in [6.07, 6.45) is 7.38. The second kappa shape index (κ2) is 7.95. The zero-order valence-corrected chi connectivity index (χ0v) is 16.1. The molecule has 4 nitrogen and oxygen atoms in total. The van der Waals surface area contributed by atoms with Crippen LogP contribution in [0.2, 0.25) is 0 Å². The molecule has 0 amide bonds. The summed E-state index contributed by atoms with van der Waals surface area (Å²) in [4.78, 5) is 0. The van der Waals surface area contributed by atoms with Crippen molar-refractivity contribution in [2.75, 3.05) is 25.6 Å². The van der Waals surface area contributed by atoms with E-state index in [1.54, 1.807) is 7.11 Å². The van der Waals surface area contributed by atoms with Crippen LogP contribution in [0.15, 0.2) is 36.4 Å². The predicted octanol–water partition coefficient (Wildman–Crippen LogP) is 5.38. The highest BCUT2D eigenvalue weighted by molar-refractivity contribution is 5.94. The average Bonchev–Trinajstić information content (AvgIpc) is 3.23. The molecule has 2 aromatic rings. The third kappa shape index (κ3) is 3.75. The van der Waals surface area contributed by atoms with Gasteiger partial charge in [0, 0.05) is 12.1 Å². The van der Waals surface area contributed by atoms with Gasteiger partial charge in [0.05, 0.1) is 25.5 Å². The van der Waals surface area contributed by atoms with Gasteiger partial charge >= 0.3 is 0 Å². The smallest absolute Gasteiger partial charge is 0.143 e. The second-order valence-corrected chi connectivity index (χ2v) is 7.06. The molecule has 1 heterocycles. The molecule has 0 saturated heterocycles. The van der Waals surface area contributed by atoms with Crippen LogP contribution in [0.25, 0.3) is 11.6 Å². The van der Waals surface area contributed by atoms with Gasteiger partial charge in [0.2, 0.25) is 0 Å². The van der Waals surface area contributed by atoms with Gasteiger partial charge in [-0.25, -0.2) is 0 Å². The molecule has 4 heteroatoms. The number of fused-ring (bicyclic) bond motifs is 1. The molecule has 1 aliphatic heterocycles. The minimum Gasteiger partial charge on any atom is -0.497 e. The van der Waals surface area contributed by atoms with E-state index in [0.717, 1.165) is 47.9 Å². The van der Waals surface area contributed by atoms with Crippen LogP contribution in [0.3, 0.4) is 0 Å². The molecule has 2 aliphatic rings. The maximum absolute atomic E-state index is 6.31. The van der Waals surface area contributed by atoms with E-state index >= 15 is 0 Å². The standard InChI is InChI=1S/C23H27NO3/c1-3-26-21-12-13-22(27-19-6-4-5-7-19)23-20(21)14-17(15-24-23)16-8-10-18(25-2)11-9-16/h8-14,19,24H,3-7,15H2,1-2H3. The lowest BCUT2D eigenvalue weighted by atomic mass is 9.97. The molecule has 4 rings (SSSR count). The highest BCUT2D eigenvalue weighted by atomic mass is 16.5. The quantitative estimate of drug-likeness (QED) is 0.746. The number of methoxy groups -OCH3 is 1. The molecular formula is C23H27NO3. The van der Waals surface area contributed by atoms with Gasteiger partial charge in [-0.2, -0.15) is 0 Å². The first-order chi connectivity index (χ1) is 13.3. The third-order valence-electron chi connectivity index (χ3n) is 5.30. The molecule has 0 atom stereocenters. The van der Waals surface area contributed by atoms with Crippen LogP contribution in [0.5, 0.6) is 17.2 Å². The van der Waals surface area contributed by atoms with E-state index in [2.05, 4.69) is 23.5 Å². The minimum absolute atomic E-state index is 0.334. The van der Waals surface area contributed by atoms with Crippen molar-refractivity contribution in [3.05, 3.63) is 47.5 Å². The molecule has 27 heavy (non-hydrogen) atoms. The Bertz CT molecular complexity index is 820. The summed E-state index contributed by atoms with van der Waals surface area (Å²) in [7, 11) is 1.69. The average molecular weight is 365 g/mol. The molecule has 1 N–H and O–H groups in total. The number of benzene rings is 2. The maximum Gasteiger partial charge on any atom is 0.143 e. The number of hydrogen-bond donors (Lipinski definition) is 1. The number of nitrogens with one attached hydrogen (secondary N) is 1. The van der Waals surface area contributed by atoms with E-state index in [9.17, 15) is 0 Å². The Hall–Kier alpha value is -2.62. The van der Waals surface area contributed by atoms with Crippen molar-refractivity contribution in [1.29, 1.82) is 0 Å². The summed E-state index contributed by atoms with van der Waals surface area (Å²) in [6, 6.07) is 12.2. The lowest BCUT2D eigenvalue weighted by molar-refractivity contribution is 0.211. The van der Waals surface area contributed by atoms with Crippen molar-refractivity contribution in [3.63, 3.8) is 0 Å². The monoisotopic (exact) mass is 365 g/mol. The van der Waals surface area contributed by atoms with Crippen molar-refractivity contribution < 1.29 is 14.2 Å². The Morgan fingerprint density at radius 1 is 1.00 bits per heavy atom. The highest BCUT2D eigenvalue weighted by Gasteiger charge is 2.23. The Kier molecular flexibility index (Phi) is 5.23. The van der Waals surface area contributed by atoms with Crippen molar-refractivity contribution >= 4 is 17.3 Å². The normalized spacial score (nSPS) is 16.3. The molecule has 1 saturated carbocycles. The number of ether oxygens (including phenoxy) is 3. The fourth-order valence-electron chi connectivity index (χ4n) is 3.87. The predicted molar refractivity (Wildman–Crippen MR) is 110 cm³/mol. The molecule has 2 aromatic carbocycles. The first kappa shape index (κ1) is 17.8. The van der Waals surface area contributed by atoms with Crippen molar-refractivity contribution in [3.8, 4) is 17.2 Å². The summed E-state index contributed by atoms with van der Waals surface area (Å²) in [6.45, 7) is 3.41. The van der Waals surface area contributed by atoms with E-state index in [-0.39, 0.29) is 0 Å². The van der Waals surface area contributed by atoms with Crippen LogP contribution < -0.4 is 19.5 Å². The van der Waals surface area contributed by atoms with Gasteiger partial charge in [0.25, 0.3) is 0 Å². The Morgan fingerprint density at radius 3 is 2.44 bits per heavy atom. The van der Waals surface area contributed by atoms with Gasteiger partial charge in [-0.15, -0.1) is 0 Å². The lowest BCUT2D eigenvalue weighted by Gasteiger charge is -2.25. The summed E-state index contributed by atoms with van der Waals surface area (Å²) in [5, 5.41) is 3.58. The van der Waals surface area contributed by atoms with Crippen LogP contribution in [-0.4, -0.2) is 26.4 Å². The lowest BCUT2D eigenvalue weighted by Crippen LogP contribution is -2.16. The summed E-state index contributed by atoms with van der Waals surface area (Å²) < 4.78 is 17.5. The van der Waals surface area contributed by atoms with Gasteiger partial charge in [0.1, 0.15) is 17.2 Å². The van der Waals surface area contributed by atoms with Crippen LogP contribution in [0.4, 0.5) is 5.69 Å². The van der Waals surface area contributed by atoms with E-state index in [1.165, 1.54) is 24.0 Å². The summed E-state index contributed by atoms with van der Waals surface area (Å²) >= 11 is 0. The largest absolute Gasteiger partial charge is 0.497 e. The molecule has 142 valence electrons. The van der Waals surface area contributed by atoms with Crippen molar-refractivity contribution in [2.45, 2.75) is 38.7 Å². The SMILES string of the molecule is CCOc1ccc(OC2CCCC2)c2c1C=C(c1ccc(OC)cc1)CN2. The van der Waals surface area contributed by atoms with Gasteiger partial charge in [0.15, 0.2) is 0 Å². The molecular weight excluding hydrogens is 338 g/mol. The number of rotatable bonds is 6. The van der Waals surface area contributed by atoms with Gasteiger partial charge in [-0.3, -0.25) is 0 Å². The molecule has 0 radical (unpaired) electrons. The first-order valence-corrected chi connectivity index (χ1v) is 9.84. The zero-order valence-electron chi connectivity index (χ0n) is 16.1. The van der Waals surface area contributed by atoms with E-state index < -0.39 is 0 Å². The fraction of sp³-hybridized carbons (Fsp3) is 0.391. The maximum atomic E-state index is 6.31. The minimum atomic E-state index is 0.334. The molecule has 0 unspecified atom stereocenters. The number of hydrogen-bond acceptors (Lipinski definition) is 4. The molecule has 0 aromatic heterocycles. The van der Waals surface area contributed by atoms with Gasteiger partial charge < -0.3 is 19.5 Å². The highest BCUT2D eigenvalue weighted by Crippen LogP contribution is 2.42. The van der Waals surface area contributed by atoms with E-state index in [4.69, 9.17) is 14.2 Å². The Morgan fingerprint density at radius 2 is 1.74 bits per heavy atom. The topological polar surface area (TPSA) is 39.7 Å². The van der Waals surface area contributed by atoms with Gasteiger partial charge in [-0.05, 0) is 74.1 Å². The van der Waals surface area contributed by atoms with Crippen LogP contribution in [0.1, 0.15) is 43.7 Å². The Labute approximate surface area is 161 Å². The molecule has 0 bridgehead atoms. The van der Waals surface area contributed by atoms with Crippen molar-refractivity contribution in [1.82, 2.24) is 0 Å². The van der Waals surface area contributed by atoms with Crippen molar-refractivity contribution in [2.24, 2.45) is 0 Å². The molecule has 1 fully saturated rings.